The number of rotatable bonds is 0. The van der Waals surface area contributed by atoms with Crippen molar-refractivity contribution in [2.75, 3.05) is 13.1 Å². The zero-order valence-electron chi connectivity index (χ0n) is 17.4. The summed E-state index contributed by atoms with van der Waals surface area (Å²) in [7, 11) is 9.59. The summed E-state index contributed by atoms with van der Waals surface area (Å²) in [6, 6.07) is 6.18. The summed E-state index contributed by atoms with van der Waals surface area (Å²) in [6.07, 6.45) is 10.3. The van der Waals surface area contributed by atoms with Crippen LogP contribution in [0.3, 0.4) is 0 Å². The molecule has 2 saturated carbocycles. The van der Waals surface area contributed by atoms with Gasteiger partial charge in [0.1, 0.15) is 0 Å². The number of halogens is 3. The molecule has 30 heavy (non-hydrogen) atoms. The monoisotopic (exact) mass is 516 g/mol. The van der Waals surface area contributed by atoms with Crippen LogP contribution < -0.4 is 21.3 Å². The van der Waals surface area contributed by atoms with Gasteiger partial charge in [0.15, 0.2) is 0 Å². The van der Waals surface area contributed by atoms with Crippen LogP contribution in [0.15, 0.2) is 12.1 Å². The first kappa shape index (κ1) is 25.0. The van der Waals surface area contributed by atoms with Gasteiger partial charge in [0.25, 0.3) is 0 Å². The van der Waals surface area contributed by atoms with Gasteiger partial charge in [-0.2, -0.15) is 0 Å². The molecule has 2 heterocycles. The number of aromatic nitrogens is 1. The molecule has 4 unspecified atom stereocenters. The number of nitrogens with zero attached hydrogens (tertiary/aromatic N) is 1. The molecule has 9 heteroatoms. The van der Waals surface area contributed by atoms with Crippen LogP contribution in [0.4, 0.5) is 0 Å². The van der Waals surface area contributed by atoms with E-state index in [1.165, 1.54) is 51.4 Å². The van der Waals surface area contributed by atoms with Crippen molar-refractivity contribution >= 4 is 31.8 Å². The van der Waals surface area contributed by atoms with Crippen LogP contribution in [0.2, 0.25) is 5.02 Å². The van der Waals surface area contributed by atoms with E-state index in [0.29, 0.717) is 24.2 Å². The maximum absolute atomic E-state index is 6.39. The standard InChI is InChI=1S/C21H34ClN5.2ClH.Mn/c22-15-11-16-13-25-20-7-3-1-5-18(20)23-9-10-24-19-6-2-4-8-21(19)26-14-17(12-15)27-16;;;/h11-12,18-21,23-26H,1-10,13-14H2;2*1H;/q;;;+2/p-2. The van der Waals surface area contributed by atoms with E-state index >= 15 is 0 Å². The minimum atomic E-state index is 0.00694. The first-order valence-electron chi connectivity index (χ1n) is 11.2. The van der Waals surface area contributed by atoms with Crippen LogP contribution in [0, 0.1) is 0 Å². The van der Waals surface area contributed by atoms with Gasteiger partial charge in [-0.05, 0) is 37.8 Å². The molecule has 0 amide bonds. The van der Waals surface area contributed by atoms with E-state index in [4.69, 9.17) is 36.8 Å². The first-order chi connectivity index (χ1) is 14.7. The van der Waals surface area contributed by atoms with Gasteiger partial charge < -0.3 is 21.3 Å². The van der Waals surface area contributed by atoms with Gasteiger partial charge in [-0.1, -0.05) is 37.3 Å². The Morgan fingerprint density at radius 3 is 1.47 bits per heavy atom. The fourth-order valence-electron chi connectivity index (χ4n) is 5.02. The molecule has 171 valence electrons. The molecule has 4 rings (SSSR count). The van der Waals surface area contributed by atoms with Gasteiger partial charge in [0, 0.05) is 55.4 Å². The summed E-state index contributed by atoms with van der Waals surface area (Å²) in [4.78, 5) is 4.87. The van der Waals surface area contributed by atoms with E-state index in [0.717, 1.165) is 42.6 Å². The van der Waals surface area contributed by atoms with Gasteiger partial charge in [-0.15, -0.1) is 0 Å². The molecule has 1 aliphatic heterocycles. The van der Waals surface area contributed by atoms with Crippen LogP contribution in [0.5, 0.6) is 0 Å². The number of nitrogens with one attached hydrogen (secondary N) is 4. The summed E-state index contributed by atoms with van der Waals surface area (Å²) in [5.74, 6) is 0. The van der Waals surface area contributed by atoms with Crippen molar-refractivity contribution in [2.24, 2.45) is 0 Å². The second kappa shape index (κ2) is 13.8. The molecule has 4 atom stereocenters. The summed E-state index contributed by atoms with van der Waals surface area (Å²) < 4.78 is 0. The molecular formula is C21H34Cl3MnN5. The molecular weight excluding hydrogens is 484 g/mol. The topological polar surface area (TPSA) is 61.0 Å². The molecule has 2 bridgehead atoms. The summed E-state index contributed by atoms with van der Waals surface area (Å²) in [6.45, 7) is 3.68. The van der Waals surface area contributed by atoms with Crippen molar-refractivity contribution in [3.05, 3.63) is 28.5 Å². The Kier molecular flexibility index (Phi) is 11.5. The predicted octanol–water partition coefficient (Wildman–Crippen LogP) is 4.11. The second-order valence-corrected chi connectivity index (χ2v) is 10.9. The summed E-state index contributed by atoms with van der Waals surface area (Å²) >= 11 is 6.40. The minimum absolute atomic E-state index is 0.00694. The summed E-state index contributed by atoms with van der Waals surface area (Å²) in [5.41, 5.74) is 2.11. The molecule has 4 N–H and O–H groups in total. The van der Waals surface area contributed by atoms with E-state index in [-0.39, 0.29) is 13.1 Å². The van der Waals surface area contributed by atoms with E-state index in [9.17, 15) is 0 Å². The van der Waals surface area contributed by atoms with Crippen molar-refractivity contribution in [1.29, 1.82) is 0 Å². The molecule has 1 aromatic heterocycles. The number of hydrogen-bond acceptors (Lipinski definition) is 5. The molecule has 1 aromatic rings. The predicted molar refractivity (Wildman–Crippen MR) is 123 cm³/mol. The van der Waals surface area contributed by atoms with E-state index in [1.54, 1.807) is 0 Å². The Balaban J connectivity index is 0.000000806. The fourth-order valence-corrected chi connectivity index (χ4v) is 5.27. The van der Waals surface area contributed by atoms with Crippen LogP contribution >= 0.6 is 31.8 Å². The number of hydrogen-bond donors (Lipinski definition) is 4. The average molecular weight is 518 g/mol. The quantitative estimate of drug-likeness (QED) is 0.390. The van der Waals surface area contributed by atoms with Crippen molar-refractivity contribution in [1.82, 2.24) is 26.3 Å². The van der Waals surface area contributed by atoms with Gasteiger partial charge in [-0.3, -0.25) is 4.98 Å². The number of fused-ring (bicyclic) bond motifs is 4. The molecule has 0 radical (unpaired) electrons. The van der Waals surface area contributed by atoms with Crippen molar-refractivity contribution < 1.29 is 13.1 Å². The van der Waals surface area contributed by atoms with Crippen LogP contribution in [-0.4, -0.2) is 42.2 Å². The Morgan fingerprint density at radius 2 is 1.07 bits per heavy atom. The van der Waals surface area contributed by atoms with Gasteiger partial charge in [0.2, 0.25) is 0 Å². The molecule has 0 saturated heterocycles. The van der Waals surface area contributed by atoms with Crippen molar-refractivity contribution in [3.8, 4) is 0 Å². The fraction of sp³-hybridized carbons (Fsp3) is 0.762. The third-order valence-corrected chi connectivity index (χ3v) is 6.68. The zero-order chi connectivity index (χ0) is 21.2. The van der Waals surface area contributed by atoms with Gasteiger partial charge >= 0.3 is 33.3 Å². The van der Waals surface area contributed by atoms with E-state index < -0.39 is 0 Å². The average Bonchev–Trinajstić information content (AvgIpc) is 2.75. The molecule has 3 aliphatic rings. The van der Waals surface area contributed by atoms with Crippen molar-refractivity contribution in [2.45, 2.75) is 88.6 Å². The van der Waals surface area contributed by atoms with Crippen molar-refractivity contribution in [3.63, 3.8) is 0 Å². The number of pyridine rings is 1. The molecule has 0 spiro atoms. The van der Waals surface area contributed by atoms with Crippen LogP contribution in [0.1, 0.15) is 62.8 Å². The van der Waals surface area contributed by atoms with Gasteiger partial charge in [-0.25, -0.2) is 0 Å². The zero-order valence-corrected chi connectivity index (χ0v) is 20.9. The Hall–Kier alpha value is 0.379. The summed E-state index contributed by atoms with van der Waals surface area (Å²) in [5, 5.41) is 15.9. The molecule has 0 aromatic carbocycles. The van der Waals surface area contributed by atoms with Crippen LogP contribution in [-0.2, 0) is 26.2 Å². The Labute approximate surface area is 200 Å². The third-order valence-electron chi connectivity index (χ3n) is 6.46. The van der Waals surface area contributed by atoms with Crippen LogP contribution in [0.25, 0.3) is 0 Å². The van der Waals surface area contributed by atoms with E-state index in [1.807, 2.05) is 12.1 Å². The van der Waals surface area contributed by atoms with E-state index in [2.05, 4.69) is 21.3 Å². The second-order valence-electron chi connectivity index (χ2n) is 8.49. The normalized spacial score (nSPS) is 30.5. The van der Waals surface area contributed by atoms with Gasteiger partial charge in [0.05, 0.1) is 11.4 Å². The molecule has 2 aliphatic carbocycles. The maximum atomic E-state index is 6.39. The third kappa shape index (κ3) is 8.06. The molecule has 5 nitrogen and oxygen atoms in total. The Morgan fingerprint density at radius 1 is 0.700 bits per heavy atom. The molecule has 2 fully saturated rings. The SMILES string of the molecule is Clc1cc2nc(c1)CNC1CCCCC1NCCNC1CCCCC1NC2.[Cl][Mn][Cl]. The Bertz CT molecular complexity index is 590. The first-order valence-corrected chi connectivity index (χ1v) is 14.8.